The number of nitrogen functional groups attached to an aromatic ring is 1. The lowest BCUT2D eigenvalue weighted by molar-refractivity contribution is 1.25. The lowest BCUT2D eigenvalue weighted by atomic mass is 10.1. The maximum Gasteiger partial charge on any atom is 0.0656 e. The zero-order valence-corrected chi connectivity index (χ0v) is 8.37. The Morgan fingerprint density at radius 1 is 1.31 bits per heavy atom. The molecular weight excluding hydrogens is 184 g/mol. The van der Waals surface area contributed by atoms with Crippen molar-refractivity contribution in [3.63, 3.8) is 0 Å². The van der Waals surface area contributed by atoms with Crippen LogP contribution in [0.5, 0.6) is 0 Å². The molecule has 2 rings (SSSR count). The molecule has 0 bridgehead atoms. The van der Waals surface area contributed by atoms with E-state index in [1.165, 1.54) is 5.56 Å². The van der Waals surface area contributed by atoms with Crippen molar-refractivity contribution in [1.29, 1.82) is 0 Å². The first-order valence-corrected chi connectivity index (χ1v) is 4.51. The molecule has 2 aromatic rings. The van der Waals surface area contributed by atoms with Gasteiger partial charge in [0.1, 0.15) is 0 Å². The standard InChI is InChI=1S/C10H11ClN2/c1-5-6(2)13-10-4-8(11)9(12)3-7(5)10/h3-4,13H,12H2,1-2H3. The second-order valence-electron chi connectivity index (χ2n) is 3.29. The van der Waals surface area contributed by atoms with E-state index in [4.69, 9.17) is 17.3 Å². The summed E-state index contributed by atoms with van der Waals surface area (Å²) >= 11 is 5.90. The highest BCUT2D eigenvalue weighted by molar-refractivity contribution is 6.33. The first kappa shape index (κ1) is 8.45. The fourth-order valence-electron chi connectivity index (χ4n) is 1.50. The molecule has 68 valence electrons. The smallest absolute Gasteiger partial charge is 0.0656 e. The van der Waals surface area contributed by atoms with Crippen LogP contribution in [-0.4, -0.2) is 4.98 Å². The summed E-state index contributed by atoms with van der Waals surface area (Å²) < 4.78 is 0. The van der Waals surface area contributed by atoms with Crippen molar-refractivity contribution in [1.82, 2.24) is 4.98 Å². The first-order valence-electron chi connectivity index (χ1n) is 4.13. The molecule has 0 amide bonds. The first-order chi connectivity index (χ1) is 6.09. The molecule has 13 heavy (non-hydrogen) atoms. The molecule has 0 aliphatic rings. The van der Waals surface area contributed by atoms with E-state index in [-0.39, 0.29) is 0 Å². The third kappa shape index (κ3) is 1.18. The number of benzene rings is 1. The molecule has 0 aliphatic heterocycles. The Balaban J connectivity index is 2.89. The number of nitrogens with two attached hydrogens (primary N) is 1. The van der Waals surface area contributed by atoms with Gasteiger partial charge >= 0.3 is 0 Å². The highest BCUT2D eigenvalue weighted by atomic mass is 35.5. The molecule has 0 aliphatic carbocycles. The van der Waals surface area contributed by atoms with E-state index >= 15 is 0 Å². The van der Waals surface area contributed by atoms with Gasteiger partial charge < -0.3 is 10.7 Å². The second-order valence-corrected chi connectivity index (χ2v) is 3.70. The monoisotopic (exact) mass is 194 g/mol. The van der Waals surface area contributed by atoms with Crippen molar-refractivity contribution in [2.75, 3.05) is 5.73 Å². The van der Waals surface area contributed by atoms with Gasteiger partial charge in [-0.25, -0.2) is 0 Å². The Bertz CT molecular complexity index is 471. The van der Waals surface area contributed by atoms with Crippen LogP contribution in [-0.2, 0) is 0 Å². The summed E-state index contributed by atoms with van der Waals surface area (Å²) in [7, 11) is 0. The number of rotatable bonds is 0. The zero-order valence-electron chi connectivity index (χ0n) is 7.61. The number of aryl methyl sites for hydroxylation is 2. The molecule has 1 aromatic carbocycles. The van der Waals surface area contributed by atoms with E-state index in [9.17, 15) is 0 Å². The van der Waals surface area contributed by atoms with Crippen molar-refractivity contribution < 1.29 is 0 Å². The number of H-pyrrole nitrogens is 1. The zero-order chi connectivity index (χ0) is 9.59. The van der Waals surface area contributed by atoms with Gasteiger partial charge in [-0.1, -0.05) is 11.6 Å². The molecule has 3 N–H and O–H groups in total. The number of hydrogen-bond acceptors (Lipinski definition) is 1. The van der Waals surface area contributed by atoms with Crippen molar-refractivity contribution in [3.8, 4) is 0 Å². The van der Waals surface area contributed by atoms with Gasteiger partial charge in [-0.05, 0) is 31.5 Å². The van der Waals surface area contributed by atoms with Crippen LogP contribution in [0.1, 0.15) is 11.3 Å². The van der Waals surface area contributed by atoms with E-state index < -0.39 is 0 Å². The molecule has 0 radical (unpaired) electrons. The number of nitrogens with one attached hydrogen (secondary N) is 1. The molecule has 0 spiro atoms. The van der Waals surface area contributed by atoms with Crippen molar-refractivity contribution in [2.24, 2.45) is 0 Å². The quantitative estimate of drug-likeness (QED) is 0.622. The van der Waals surface area contributed by atoms with Gasteiger partial charge in [0.15, 0.2) is 0 Å². The molecule has 0 atom stereocenters. The average Bonchev–Trinajstić information content (AvgIpc) is 2.32. The maximum atomic E-state index is 5.90. The van der Waals surface area contributed by atoms with Gasteiger partial charge in [-0.2, -0.15) is 0 Å². The van der Waals surface area contributed by atoms with Crippen LogP contribution in [0.25, 0.3) is 10.9 Å². The Morgan fingerprint density at radius 2 is 2.00 bits per heavy atom. The summed E-state index contributed by atoms with van der Waals surface area (Å²) in [5, 5.41) is 1.76. The van der Waals surface area contributed by atoms with Crippen LogP contribution >= 0.6 is 11.6 Å². The van der Waals surface area contributed by atoms with Crippen molar-refractivity contribution >= 4 is 28.2 Å². The molecule has 3 heteroatoms. The fraction of sp³-hybridized carbons (Fsp3) is 0.200. The summed E-state index contributed by atoms with van der Waals surface area (Å²) in [6.07, 6.45) is 0. The lowest BCUT2D eigenvalue weighted by Crippen LogP contribution is -1.85. The largest absolute Gasteiger partial charge is 0.398 e. The van der Waals surface area contributed by atoms with E-state index in [0.717, 1.165) is 16.6 Å². The van der Waals surface area contributed by atoms with E-state index in [0.29, 0.717) is 10.7 Å². The molecule has 1 aromatic heterocycles. The summed E-state index contributed by atoms with van der Waals surface area (Å²) in [4.78, 5) is 3.25. The van der Waals surface area contributed by atoms with Gasteiger partial charge in [0.2, 0.25) is 0 Å². The summed E-state index contributed by atoms with van der Waals surface area (Å²) in [5.74, 6) is 0. The highest BCUT2D eigenvalue weighted by Crippen LogP contribution is 2.28. The number of fused-ring (bicyclic) bond motifs is 1. The number of aromatic amines is 1. The Kier molecular flexibility index (Phi) is 1.74. The Labute approximate surface area is 81.7 Å². The summed E-state index contributed by atoms with van der Waals surface area (Å²) in [6.45, 7) is 4.11. The minimum atomic E-state index is 0.605. The normalized spacial score (nSPS) is 11.0. The minimum absolute atomic E-state index is 0.605. The molecular formula is C10H11ClN2. The number of anilines is 1. The fourth-order valence-corrected chi connectivity index (χ4v) is 1.67. The third-order valence-electron chi connectivity index (χ3n) is 2.43. The van der Waals surface area contributed by atoms with E-state index in [1.807, 2.05) is 19.1 Å². The van der Waals surface area contributed by atoms with Gasteiger partial charge in [-0.15, -0.1) is 0 Å². The topological polar surface area (TPSA) is 41.8 Å². The molecule has 0 unspecified atom stereocenters. The minimum Gasteiger partial charge on any atom is -0.398 e. The van der Waals surface area contributed by atoms with Crippen LogP contribution < -0.4 is 5.73 Å². The SMILES string of the molecule is Cc1[nH]c2cc(Cl)c(N)cc2c1C. The number of aromatic nitrogens is 1. The predicted molar refractivity (Wildman–Crippen MR) is 57.2 cm³/mol. The van der Waals surface area contributed by atoms with Crippen LogP contribution in [0.3, 0.4) is 0 Å². The van der Waals surface area contributed by atoms with Gasteiger partial charge in [0, 0.05) is 16.6 Å². The van der Waals surface area contributed by atoms with Gasteiger partial charge in [-0.3, -0.25) is 0 Å². The molecule has 2 nitrogen and oxygen atoms in total. The third-order valence-corrected chi connectivity index (χ3v) is 2.75. The van der Waals surface area contributed by atoms with Gasteiger partial charge in [0.25, 0.3) is 0 Å². The summed E-state index contributed by atoms with van der Waals surface area (Å²) in [5.41, 5.74) is 9.80. The second kappa shape index (κ2) is 2.67. The Hall–Kier alpha value is -1.15. The number of hydrogen-bond donors (Lipinski definition) is 2. The van der Waals surface area contributed by atoms with Crippen LogP contribution in [0.15, 0.2) is 12.1 Å². The predicted octanol–water partition coefficient (Wildman–Crippen LogP) is 3.02. The van der Waals surface area contributed by atoms with Crippen molar-refractivity contribution in [2.45, 2.75) is 13.8 Å². The van der Waals surface area contributed by atoms with E-state index in [1.54, 1.807) is 0 Å². The van der Waals surface area contributed by atoms with Crippen LogP contribution in [0, 0.1) is 13.8 Å². The number of halogens is 1. The molecule has 0 fully saturated rings. The highest BCUT2D eigenvalue weighted by Gasteiger charge is 2.06. The Morgan fingerprint density at radius 3 is 2.69 bits per heavy atom. The van der Waals surface area contributed by atoms with Crippen molar-refractivity contribution in [3.05, 3.63) is 28.4 Å². The van der Waals surface area contributed by atoms with Gasteiger partial charge in [0.05, 0.1) is 10.7 Å². The molecule has 0 saturated carbocycles. The van der Waals surface area contributed by atoms with Crippen LogP contribution in [0.2, 0.25) is 5.02 Å². The van der Waals surface area contributed by atoms with Crippen LogP contribution in [0.4, 0.5) is 5.69 Å². The maximum absolute atomic E-state index is 5.90. The molecule has 1 heterocycles. The van der Waals surface area contributed by atoms with E-state index in [2.05, 4.69) is 11.9 Å². The molecule has 0 saturated heterocycles. The lowest BCUT2D eigenvalue weighted by Gasteiger charge is -1.97. The average molecular weight is 195 g/mol. The summed E-state index contributed by atoms with van der Waals surface area (Å²) in [6, 6.07) is 3.78.